The summed E-state index contributed by atoms with van der Waals surface area (Å²) in [5, 5.41) is 13.2. The van der Waals surface area contributed by atoms with Gasteiger partial charge in [0.2, 0.25) is 0 Å². The summed E-state index contributed by atoms with van der Waals surface area (Å²) < 4.78 is 1.57. The Hall–Kier alpha value is -1.17. The van der Waals surface area contributed by atoms with Crippen molar-refractivity contribution in [2.75, 3.05) is 0 Å². The monoisotopic (exact) mass is 323 g/mol. The molecule has 0 spiro atoms. The lowest BCUT2D eigenvalue weighted by Gasteiger charge is -2.10. The highest BCUT2D eigenvalue weighted by atomic mass is 79.9. The summed E-state index contributed by atoms with van der Waals surface area (Å²) >= 11 is 4.96. The first-order chi connectivity index (χ1) is 8.63. The number of aromatic nitrogens is 1. The number of nitrogens with one attached hydrogen (secondary N) is 1. The number of aliphatic hydroxyl groups is 1. The number of aromatic amines is 1. The van der Waals surface area contributed by atoms with E-state index >= 15 is 0 Å². The van der Waals surface area contributed by atoms with E-state index in [0.29, 0.717) is 0 Å². The molecule has 2 heterocycles. The number of thiophene rings is 1. The third-order valence-electron chi connectivity index (χ3n) is 3.09. The maximum atomic E-state index is 12.0. The zero-order chi connectivity index (χ0) is 12.9. The minimum absolute atomic E-state index is 0.0257. The van der Waals surface area contributed by atoms with Crippen molar-refractivity contribution in [1.82, 2.24) is 4.98 Å². The Labute approximate surface area is 115 Å². The summed E-state index contributed by atoms with van der Waals surface area (Å²) in [5.41, 5.74) is 2.57. The fourth-order valence-electron chi connectivity index (χ4n) is 2.25. The van der Waals surface area contributed by atoms with E-state index < -0.39 is 0 Å². The van der Waals surface area contributed by atoms with Crippen molar-refractivity contribution >= 4 is 48.3 Å². The van der Waals surface area contributed by atoms with Crippen LogP contribution in [-0.2, 0) is 6.61 Å². The number of rotatable bonds is 1. The van der Waals surface area contributed by atoms with Crippen molar-refractivity contribution in [2.45, 2.75) is 13.5 Å². The molecule has 2 aromatic heterocycles. The summed E-state index contributed by atoms with van der Waals surface area (Å²) in [5.74, 6) is 0. The first-order valence-corrected chi connectivity index (χ1v) is 7.12. The number of aryl methyl sites for hydroxylation is 1. The second-order valence-corrected chi connectivity index (χ2v) is 5.90. The second-order valence-electron chi connectivity index (χ2n) is 4.19. The second kappa shape index (κ2) is 4.19. The number of hydrogen-bond acceptors (Lipinski definition) is 3. The van der Waals surface area contributed by atoms with Gasteiger partial charge >= 0.3 is 0 Å². The molecule has 18 heavy (non-hydrogen) atoms. The Morgan fingerprint density at radius 3 is 3.00 bits per heavy atom. The number of pyridine rings is 1. The first-order valence-electron chi connectivity index (χ1n) is 5.45. The summed E-state index contributed by atoms with van der Waals surface area (Å²) in [6.07, 6.45) is 0. The summed E-state index contributed by atoms with van der Waals surface area (Å²) in [7, 11) is 0. The van der Waals surface area contributed by atoms with Gasteiger partial charge in [0.05, 0.1) is 12.1 Å². The quantitative estimate of drug-likeness (QED) is 0.721. The minimum atomic E-state index is -0.0563. The highest BCUT2D eigenvalue weighted by Crippen LogP contribution is 2.35. The van der Waals surface area contributed by atoms with Gasteiger partial charge in [-0.2, -0.15) is 0 Å². The maximum Gasteiger partial charge on any atom is 0.266 e. The van der Waals surface area contributed by atoms with Crippen LogP contribution in [0.25, 0.3) is 21.0 Å². The molecule has 1 aromatic carbocycles. The number of fused-ring (bicyclic) bond motifs is 3. The zero-order valence-electron chi connectivity index (χ0n) is 9.58. The van der Waals surface area contributed by atoms with Crippen LogP contribution in [0.5, 0.6) is 0 Å². The number of hydrogen-bond donors (Lipinski definition) is 2. The lowest BCUT2D eigenvalue weighted by Crippen LogP contribution is -2.06. The molecule has 2 N–H and O–H groups in total. The smallest absolute Gasteiger partial charge is 0.266 e. The van der Waals surface area contributed by atoms with Gasteiger partial charge in [-0.1, -0.05) is 6.07 Å². The lowest BCUT2D eigenvalue weighted by atomic mass is 10.0. The number of benzene rings is 1. The summed E-state index contributed by atoms with van der Waals surface area (Å²) in [6, 6.07) is 3.84. The molecule has 3 rings (SSSR count). The molecule has 0 bridgehead atoms. The van der Waals surface area contributed by atoms with Gasteiger partial charge < -0.3 is 10.1 Å². The van der Waals surface area contributed by atoms with Crippen LogP contribution in [0, 0.1) is 6.92 Å². The molecule has 3 nitrogen and oxygen atoms in total. The van der Waals surface area contributed by atoms with Gasteiger partial charge in [-0.05, 0) is 45.4 Å². The van der Waals surface area contributed by atoms with Gasteiger partial charge in [-0.25, -0.2) is 0 Å². The van der Waals surface area contributed by atoms with Crippen LogP contribution in [-0.4, -0.2) is 10.1 Å². The molecule has 0 fully saturated rings. The van der Waals surface area contributed by atoms with Crippen LogP contribution >= 0.6 is 27.3 Å². The van der Waals surface area contributed by atoms with Crippen LogP contribution < -0.4 is 5.56 Å². The average Bonchev–Trinajstić information content (AvgIpc) is 2.83. The Balaban J connectivity index is 2.66. The van der Waals surface area contributed by atoms with Gasteiger partial charge in [0.15, 0.2) is 0 Å². The number of H-pyrrole nitrogens is 1. The molecule has 0 atom stereocenters. The zero-order valence-corrected chi connectivity index (χ0v) is 12.0. The Bertz CT molecular complexity index is 819. The average molecular weight is 324 g/mol. The summed E-state index contributed by atoms with van der Waals surface area (Å²) in [6.45, 7) is 1.91. The van der Waals surface area contributed by atoms with Crippen LogP contribution in [0.1, 0.15) is 11.1 Å². The SMILES string of the molecule is Cc1cc(CO)c(Br)c2c1[nH]c(=O)c1sccc12. The normalized spacial score (nSPS) is 11.5. The molecule has 0 unspecified atom stereocenters. The molecular formula is C13H10BrNO2S. The van der Waals surface area contributed by atoms with Gasteiger partial charge in [0.1, 0.15) is 4.70 Å². The minimum Gasteiger partial charge on any atom is -0.392 e. The third kappa shape index (κ3) is 1.55. The Kier molecular flexibility index (Phi) is 2.77. The molecule has 3 aromatic rings. The van der Waals surface area contributed by atoms with Crippen LogP contribution in [0.15, 0.2) is 26.8 Å². The molecule has 92 valence electrons. The highest BCUT2D eigenvalue weighted by Gasteiger charge is 2.13. The van der Waals surface area contributed by atoms with Gasteiger partial charge in [0, 0.05) is 15.2 Å². The number of aliphatic hydroxyl groups excluding tert-OH is 1. The van der Waals surface area contributed by atoms with E-state index in [9.17, 15) is 9.90 Å². The standard InChI is InChI=1S/C13H10BrNO2S/c1-6-4-7(5-16)10(14)9-8-2-3-18-12(8)13(17)15-11(6)9/h2-4,16H,5H2,1H3,(H,15,17). The predicted molar refractivity (Wildman–Crippen MR) is 78.3 cm³/mol. The van der Waals surface area contributed by atoms with Gasteiger partial charge in [-0.15, -0.1) is 11.3 Å². The van der Waals surface area contributed by atoms with E-state index in [1.807, 2.05) is 24.4 Å². The van der Waals surface area contributed by atoms with E-state index in [1.54, 1.807) is 0 Å². The van der Waals surface area contributed by atoms with Crippen molar-refractivity contribution in [3.63, 3.8) is 0 Å². The molecule has 0 aliphatic carbocycles. The van der Waals surface area contributed by atoms with Crippen molar-refractivity contribution < 1.29 is 5.11 Å². The predicted octanol–water partition coefficient (Wildman–Crippen LogP) is 3.31. The Morgan fingerprint density at radius 2 is 2.28 bits per heavy atom. The summed E-state index contributed by atoms with van der Waals surface area (Å²) in [4.78, 5) is 14.9. The topological polar surface area (TPSA) is 53.1 Å². The van der Waals surface area contributed by atoms with Crippen molar-refractivity contribution in [3.8, 4) is 0 Å². The molecular weight excluding hydrogens is 314 g/mol. The van der Waals surface area contributed by atoms with E-state index in [0.717, 1.165) is 36.6 Å². The van der Waals surface area contributed by atoms with Crippen LogP contribution in [0.2, 0.25) is 0 Å². The molecule has 0 saturated carbocycles. The van der Waals surface area contributed by atoms with Crippen molar-refractivity contribution in [2.24, 2.45) is 0 Å². The maximum absolute atomic E-state index is 12.0. The molecule has 0 saturated heterocycles. The number of halogens is 1. The van der Waals surface area contributed by atoms with E-state index in [2.05, 4.69) is 20.9 Å². The van der Waals surface area contributed by atoms with E-state index in [4.69, 9.17) is 0 Å². The van der Waals surface area contributed by atoms with Crippen molar-refractivity contribution in [3.05, 3.63) is 43.5 Å². The van der Waals surface area contributed by atoms with Gasteiger partial charge in [-0.3, -0.25) is 4.79 Å². The molecule has 0 aliphatic rings. The van der Waals surface area contributed by atoms with Crippen molar-refractivity contribution in [1.29, 1.82) is 0 Å². The lowest BCUT2D eigenvalue weighted by molar-refractivity contribution is 0.281. The van der Waals surface area contributed by atoms with E-state index in [1.165, 1.54) is 11.3 Å². The first kappa shape index (κ1) is 11.9. The molecule has 0 amide bonds. The largest absolute Gasteiger partial charge is 0.392 e. The fraction of sp³-hybridized carbons (Fsp3) is 0.154. The molecule has 0 radical (unpaired) electrons. The van der Waals surface area contributed by atoms with Crippen LogP contribution in [0.4, 0.5) is 0 Å². The Morgan fingerprint density at radius 1 is 1.50 bits per heavy atom. The molecule has 0 aliphatic heterocycles. The van der Waals surface area contributed by atoms with Crippen LogP contribution in [0.3, 0.4) is 0 Å². The molecule has 5 heteroatoms. The van der Waals surface area contributed by atoms with E-state index in [-0.39, 0.29) is 12.2 Å². The fourth-order valence-corrected chi connectivity index (χ4v) is 3.69. The van der Waals surface area contributed by atoms with Gasteiger partial charge in [0.25, 0.3) is 5.56 Å². The highest BCUT2D eigenvalue weighted by molar-refractivity contribution is 9.10. The third-order valence-corrected chi connectivity index (χ3v) is 4.91.